The molecule has 2 aromatic rings. The number of thioether (sulfide) groups is 1. The molecule has 0 bridgehead atoms. The molecular formula is C17H18F3N3OS. The highest BCUT2D eigenvalue weighted by Gasteiger charge is 2.30. The van der Waals surface area contributed by atoms with Crippen LogP contribution in [-0.4, -0.2) is 21.1 Å². The number of alkyl halides is 3. The first kappa shape index (κ1) is 19.2. The summed E-state index contributed by atoms with van der Waals surface area (Å²) in [5, 5.41) is 2.60. The smallest absolute Gasteiger partial charge is 0.325 e. The number of aromatic nitrogens is 2. The van der Waals surface area contributed by atoms with Crippen molar-refractivity contribution >= 4 is 23.4 Å². The van der Waals surface area contributed by atoms with E-state index in [1.807, 2.05) is 20.8 Å². The molecule has 2 rings (SSSR count). The minimum absolute atomic E-state index is 0.308. The fourth-order valence-electron chi connectivity index (χ4n) is 1.99. The van der Waals surface area contributed by atoms with Crippen LogP contribution in [0, 0.1) is 20.8 Å². The summed E-state index contributed by atoms with van der Waals surface area (Å²) < 4.78 is 37.6. The molecule has 0 radical (unpaired) electrons. The molecule has 0 saturated heterocycles. The number of aryl methyl sites for hydroxylation is 2. The summed E-state index contributed by atoms with van der Waals surface area (Å²) in [5.74, 6) is -0.329. The highest BCUT2D eigenvalue weighted by molar-refractivity contribution is 8.00. The largest absolute Gasteiger partial charge is 0.416 e. The lowest BCUT2D eigenvalue weighted by Gasteiger charge is -2.13. The number of carbonyl (C=O) groups excluding carboxylic acids is 1. The van der Waals surface area contributed by atoms with Crippen molar-refractivity contribution < 1.29 is 18.0 Å². The van der Waals surface area contributed by atoms with Gasteiger partial charge in [-0.3, -0.25) is 4.79 Å². The number of nitrogens with zero attached hydrogens (tertiary/aromatic N) is 2. The SMILES string of the molecule is Cc1nc(SC(C)C(=O)Nc2ccc(C(F)(F)F)cc2)nc(C)c1C. The van der Waals surface area contributed by atoms with Crippen molar-refractivity contribution in [1.82, 2.24) is 9.97 Å². The van der Waals surface area contributed by atoms with Crippen LogP contribution in [0.5, 0.6) is 0 Å². The predicted octanol–water partition coefficient (Wildman–Crippen LogP) is 4.54. The van der Waals surface area contributed by atoms with Crippen molar-refractivity contribution in [3.8, 4) is 0 Å². The molecular weight excluding hydrogens is 351 g/mol. The molecule has 1 atom stereocenters. The normalized spacial score (nSPS) is 12.8. The van der Waals surface area contributed by atoms with Crippen LogP contribution in [0.15, 0.2) is 29.4 Å². The Morgan fingerprint density at radius 2 is 1.60 bits per heavy atom. The second kappa shape index (κ2) is 7.43. The summed E-state index contributed by atoms with van der Waals surface area (Å²) in [6, 6.07) is 4.33. The average Bonchev–Trinajstić information content (AvgIpc) is 2.52. The van der Waals surface area contributed by atoms with E-state index in [1.165, 1.54) is 23.9 Å². The fraction of sp³-hybridized carbons (Fsp3) is 0.353. The maximum Gasteiger partial charge on any atom is 0.416 e. The van der Waals surface area contributed by atoms with Gasteiger partial charge in [0.2, 0.25) is 5.91 Å². The lowest BCUT2D eigenvalue weighted by molar-refractivity contribution is -0.137. The van der Waals surface area contributed by atoms with Crippen molar-refractivity contribution in [1.29, 1.82) is 0 Å². The number of nitrogens with one attached hydrogen (secondary N) is 1. The van der Waals surface area contributed by atoms with Crippen LogP contribution in [0.25, 0.3) is 0 Å². The standard InChI is InChI=1S/C17H18F3N3OS/c1-9-10(2)21-16(22-11(9)3)25-12(4)15(24)23-14-7-5-13(6-8-14)17(18,19)20/h5-8,12H,1-4H3,(H,23,24). The van der Waals surface area contributed by atoms with E-state index in [9.17, 15) is 18.0 Å². The van der Waals surface area contributed by atoms with Crippen molar-refractivity contribution in [2.75, 3.05) is 5.32 Å². The summed E-state index contributed by atoms with van der Waals surface area (Å²) in [6.45, 7) is 7.37. The molecule has 1 aromatic heterocycles. The third-order valence-electron chi connectivity index (χ3n) is 3.74. The van der Waals surface area contributed by atoms with Crippen LogP contribution in [0.4, 0.5) is 18.9 Å². The molecule has 4 nitrogen and oxygen atoms in total. The quantitative estimate of drug-likeness (QED) is 0.635. The zero-order valence-electron chi connectivity index (χ0n) is 14.2. The summed E-state index contributed by atoms with van der Waals surface area (Å²) in [5.41, 5.74) is 2.26. The molecule has 1 unspecified atom stereocenters. The minimum Gasteiger partial charge on any atom is -0.325 e. The molecule has 1 N–H and O–H groups in total. The molecule has 0 aliphatic heterocycles. The molecule has 1 heterocycles. The lowest BCUT2D eigenvalue weighted by Crippen LogP contribution is -2.23. The Labute approximate surface area is 148 Å². The van der Waals surface area contributed by atoms with Gasteiger partial charge in [-0.05, 0) is 57.5 Å². The molecule has 25 heavy (non-hydrogen) atoms. The van der Waals surface area contributed by atoms with Gasteiger partial charge in [0.25, 0.3) is 0 Å². The van der Waals surface area contributed by atoms with Gasteiger partial charge in [0.15, 0.2) is 5.16 Å². The van der Waals surface area contributed by atoms with Crippen LogP contribution in [0.2, 0.25) is 0 Å². The molecule has 0 aliphatic rings. The van der Waals surface area contributed by atoms with E-state index in [-0.39, 0.29) is 5.91 Å². The number of rotatable bonds is 4. The van der Waals surface area contributed by atoms with E-state index in [4.69, 9.17) is 0 Å². The zero-order chi connectivity index (χ0) is 18.8. The van der Waals surface area contributed by atoms with Gasteiger partial charge in [-0.2, -0.15) is 13.2 Å². The van der Waals surface area contributed by atoms with Crippen molar-refractivity contribution in [2.45, 2.75) is 44.3 Å². The van der Waals surface area contributed by atoms with Gasteiger partial charge in [0.1, 0.15) is 0 Å². The third kappa shape index (κ3) is 4.94. The first-order chi connectivity index (χ1) is 11.6. The van der Waals surface area contributed by atoms with Gasteiger partial charge >= 0.3 is 6.18 Å². The molecule has 8 heteroatoms. The highest BCUT2D eigenvalue weighted by Crippen LogP contribution is 2.30. The van der Waals surface area contributed by atoms with E-state index in [1.54, 1.807) is 6.92 Å². The Bertz CT molecular complexity index is 753. The van der Waals surface area contributed by atoms with Crippen LogP contribution in [0.3, 0.4) is 0 Å². The van der Waals surface area contributed by atoms with Gasteiger partial charge < -0.3 is 5.32 Å². The second-order valence-corrected chi connectivity index (χ2v) is 6.93. The molecule has 0 fully saturated rings. The van der Waals surface area contributed by atoms with E-state index < -0.39 is 17.0 Å². The Morgan fingerprint density at radius 3 is 2.08 bits per heavy atom. The molecule has 0 spiro atoms. The topological polar surface area (TPSA) is 54.9 Å². The second-order valence-electron chi connectivity index (χ2n) is 5.63. The average molecular weight is 369 g/mol. The van der Waals surface area contributed by atoms with Gasteiger partial charge in [-0.25, -0.2) is 9.97 Å². The zero-order valence-corrected chi connectivity index (χ0v) is 15.0. The first-order valence-corrected chi connectivity index (χ1v) is 8.42. The van der Waals surface area contributed by atoms with Crippen molar-refractivity contribution in [2.24, 2.45) is 0 Å². The van der Waals surface area contributed by atoms with Gasteiger partial charge in [-0.1, -0.05) is 11.8 Å². The Balaban J connectivity index is 2.03. The number of amides is 1. The van der Waals surface area contributed by atoms with E-state index in [0.29, 0.717) is 10.8 Å². The summed E-state index contributed by atoms with van der Waals surface area (Å²) >= 11 is 1.20. The number of hydrogen-bond donors (Lipinski definition) is 1. The molecule has 0 aliphatic carbocycles. The minimum atomic E-state index is -4.40. The van der Waals surface area contributed by atoms with E-state index >= 15 is 0 Å². The van der Waals surface area contributed by atoms with Gasteiger partial charge in [-0.15, -0.1) is 0 Å². The van der Waals surface area contributed by atoms with Crippen LogP contribution < -0.4 is 5.32 Å². The Hall–Kier alpha value is -2.09. The van der Waals surface area contributed by atoms with Crippen LogP contribution in [-0.2, 0) is 11.0 Å². The number of hydrogen-bond acceptors (Lipinski definition) is 4. The van der Waals surface area contributed by atoms with Crippen molar-refractivity contribution in [3.05, 3.63) is 46.8 Å². The molecule has 1 amide bonds. The lowest BCUT2D eigenvalue weighted by atomic mass is 10.2. The third-order valence-corrected chi connectivity index (χ3v) is 4.70. The van der Waals surface area contributed by atoms with Gasteiger partial charge in [0, 0.05) is 17.1 Å². The van der Waals surface area contributed by atoms with Crippen LogP contribution in [0.1, 0.15) is 29.4 Å². The number of carbonyl (C=O) groups is 1. The number of halogens is 3. The summed E-state index contributed by atoms with van der Waals surface area (Å²) in [6.07, 6.45) is -4.40. The Kier molecular flexibility index (Phi) is 5.72. The maximum absolute atomic E-state index is 12.5. The predicted molar refractivity (Wildman–Crippen MR) is 91.6 cm³/mol. The van der Waals surface area contributed by atoms with Gasteiger partial charge in [0.05, 0.1) is 10.8 Å². The Morgan fingerprint density at radius 1 is 1.08 bits per heavy atom. The van der Waals surface area contributed by atoms with Crippen molar-refractivity contribution in [3.63, 3.8) is 0 Å². The summed E-state index contributed by atoms with van der Waals surface area (Å²) in [7, 11) is 0. The van der Waals surface area contributed by atoms with E-state index in [2.05, 4.69) is 15.3 Å². The van der Waals surface area contributed by atoms with Crippen LogP contribution >= 0.6 is 11.8 Å². The first-order valence-electron chi connectivity index (χ1n) is 7.54. The fourth-order valence-corrected chi connectivity index (χ4v) is 2.85. The summed E-state index contributed by atoms with van der Waals surface area (Å²) in [4.78, 5) is 20.9. The number of benzene rings is 1. The molecule has 134 valence electrons. The molecule has 0 saturated carbocycles. The van der Waals surface area contributed by atoms with E-state index in [0.717, 1.165) is 29.1 Å². The molecule has 1 aromatic carbocycles. The monoisotopic (exact) mass is 369 g/mol. The highest BCUT2D eigenvalue weighted by atomic mass is 32.2. The maximum atomic E-state index is 12.5. The number of anilines is 1.